The standard InChI is InChI=1S/C15H19NO3/c1-19-9-3-8-16-15(18)14(17)13-7-6-11-4-2-5-12(11)10-13/h6-7,10H,2-5,8-9H2,1H3,(H,16,18). The highest BCUT2D eigenvalue weighted by molar-refractivity contribution is 6.42. The van der Waals surface area contributed by atoms with Crippen LogP contribution in [0, 0.1) is 0 Å². The molecular formula is C15H19NO3. The maximum atomic E-state index is 12.0. The molecule has 0 heterocycles. The Morgan fingerprint density at radius 3 is 2.84 bits per heavy atom. The molecule has 1 aromatic carbocycles. The maximum absolute atomic E-state index is 12.0. The normalized spacial score (nSPS) is 13.1. The average molecular weight is 261 g/mol. The summed E-state index contributed by atoms with van der Waals surface area (Å²) in [6.07, 6.45) is 3.93. The van der Waals surface area contributed by atoms with Gasteiger partial charge in [-0.3, -0.25) is 9.59 Å². The molecule has 19 heavy (non-hydrogen) atoms. The summed E-state index contributed by atoms with van der Waals surface area (Å²) in [5.74, 6) is -0.985. The zero-order chi connectivity index (χ0) is 13.7. The molecule has 0 fully saturated rings. The zero-order valence-electron chi connectivity index (χ0n) is 11.2. The second-order valence-corrected chi connectivity index (χ2v) is 4.77. The van der Waals surface area contributed by atoms with Crippen molar-refractivity contribution in [2.75, 3.05) is 20.3 Å². The van der Waals surface area contributed by atoms with Gasteiger partial charge in [0.25, 0.3) is 5.91 Å². The molecule has 0 aliphatic heterocycles. The fourth-order valence-electron chi connectivity index (χ4n) is 2.34. The monoisotopic (exact) mass is 261 g/mol. The highest BCUT2D eigenvalue weighted by Crippen LogP contribution is 2.22. The number of aryl methyl sites for hydroxylation is 2. The molecule has 0 radical (unpaired) electrons. The summed E-state index contributed by atoms with van der Waals surface area (Å²) >= 11 is 0. The highest BCUT2D eigenvalue weighted by Gasteiger charge is 2.18. The van der Waals surface area contributed by atoms with Crippen molar-refractivity contribution in [1.29, 1.82) is 0 Å². The van der Waals surface area contributed by atoms with Crippen LogP contribution in [0.4, 0.5) is 0 Å². The Morgan fingerprint density at radius 1 is 1.26 bits per heavy atom. The van der Waals surface area contributed by atoms with Gasteiger partial charge in [0.2, 0.25) is 5.78 Å². The van der Waals surface area contributed by atoms with E-state index in [1.54, 1.807) is 13.2 Å². The van der Waals surface area contributed by atoms with E-state index in [0.717, 1.165) is 19.3 Å². The second kappa shape index (κ2) is 6.48. The fourth-order valence-corrected chi connectivity index (χ4v) is 2.34. The number of fused-ring (bicyclic) bond motifs is 1. The number of hydrogen-bond donors (Lipinski definition) is 1. The van der Waals surface area contributed by atoms with Gasteiger partial charge in [-0.15, -0.1) is 0 Å². The largest absolute Gasteiger partial charge is 0.385 e. The first-order valence-electron chi connectivity index (χ1n) is 6.65. The fraction of sp³-hybridized carbons (Fsp3) is 0.467. The van der Waals surface area contributed by atoms with Gasteiger partial charge in [-0.2, -0.15) is 0 Å². The van der Waals surface area contributed by atoms with E-state index in [1.165, 1.54) is 11.1 Å². The molecular weight excluding hydrogens is 242 g/mol. The molecule has 4 heteroatoms. The minimum atomic E-state index is -0.533. The molecule has 1 amide bonds. The summed E-state index contributed by atoms with van der Waals surface area (Å²) in [6, 6.07) is 5.58. The van der Waals surface area contributed by atoms with Crippen molar-refractivity contribution in [3.63, 3.8) is 0 Å². The van der Waals surface area contributed by atoms with E-state index in [4.69, 9.17) is 4.74 Å². The predicted molar refractivity (Wildman–Crippen MR) is 72.3 cm³/mol. The van der Waals surface area contributed by atoms with Crippen molar-refractivity contribution in [3.8, 4) is 0 Å². The Morgan fingerprint density at radius 2 is 2.05 bits per heavy atom. The number of benzene rings is 1. The molecule has 0 aromatic heterocycles. The molecule has 2 rings (SSSR count). The lowest BCUT2D eigenvalue weighted by atomic mass is 10.0. The van der Waals surface area contributed by atoms with Gasteiger partial charge in [-0.05, 0) is 42.9 Å². The molecule has 0 saturated carbocycles. The molecule has 0 saturated heterocycles. The Hall–Kier alpha value is -1.68. The van der Waals surface area contributed by atoms with Gasteiger partial charge >= 0.3 is 0 Å². The summed E-state index contributed by atoms with van der Waals surface area (Å²) in [6.45, 7) is 1.04. The topological polar surface area (TPSA) is 55.4 Å². The van der Waals surface area contributed by atoms with Crippen molar-refractivity contribution in [3.05, 3.63) is 34.9 Å². The minimum Gasteiger partial charge on any atom is -0.385 e. The number of rotatable bonds is 6. The van der Waals surface area contributed by atoms with Crippen molar-refractivity contribution < 1.29 is 14.3 Å². The zero-order valence-corrected chi connectivity index (χ0v) is 11.2. The van der Waals surface area contributed by atoms with Crippen LogP contribution in [0.2, 0.25) is 0 Å². The Bertz CT molecular complexity index is 482. The van der Waals surface area contributed by atoms with Crippen LogP contribution in [0.25, 0.3) is 0 Å². The SMILES string of the molecule is COCCCNC(=O)C(=O)c1ccc2c(c1)CCC2. The first kappa shape index (κ1) is 13.7. The van der Waals surface area contributed by atoms with Gasteiger partial charge in [0, 0.05) is 25.8 Å². The van der Waals surface area contributed by atoms with E-state index in [0.29, 0.717) is 25.1 Å². The van der Waals surface area contributed by atoms with Crippen LogP contribution in [0.5, 0.6) is 0 Å². The van der Waals surface area contributed by atoms with E-state index in [-0.39, 0.29) is 0 Å². The van der Waals surface area contributed by atoms with Crippen LogP contribution in [0.3, 0.4) is 0 Å². The van der Waals surface area contributed by atoms with Crippen molar-refractivity contribution >= 4 is 11.7 Å². The molecule has 1 aliphatic carbocycles. The summed E-state index contributed by atoms with van der Waals surface area (Å²) in [7, 11) is 1.61. The van der Waals surface area contributed by atoms with Gasteiger partial charge in [0.15, 0.2) is 0 Å². The van der Waals surface area contributed by atoms with Crippen LogP contribution < -0.4 is 5.32 Å². The van der Waals surface area contributed by atoms with Crippen LogP contribution in [-0.4, -0.2) is 32.0 Å². The smallest absolute Gasteiger partial charge is 0.292 e. The molecule has 0 atom stereocenters. The van der Waals surface area contributed by atoms with Crippen LogP contribution >= 0.6 is 0 Å². The summed E-state index contributed by atoms with van der Waals surface area (Å²) in [5.41, 5.74) is 3.00. The van der Waals surface area contributed by atoms with Gasteiger partial charge in [0.05, 0.1) is 0 Å². The van der Waals surface area contributed by atoms with Gasteiger partial charge < -0.3 is 10.1 Å². The van der Waals surface area contributed by atoms with Gasteiger partial charge in [0.1, 0.15) is 0 Å². The molecule has 1 N–H and O–H groups in total. The summed E-state index contributed by atoms with van der Waals surface area (Å²) in [4.78, 5) is 23.7. The molecule has 102 valence electrons. The minimum absolute atomic E-state index is 0.452. The number of carbonyl (C=O) groups excluding carboxylic acids is 2. The van der Waals surface area contributed by atoms with E-state index < -0.39 is 11.7 Å². The number of ketones is 1. The van der Waals surface area contributed by atoms with Crippen LogP contribution in [-0.2, 0) is 22.4 Å². The number of methoxy groups -OCH3 is 1. The lowest BCUT2D eigenvalue weighted by molar-refractivity contribution is -0.117. The predicted octanol–water partition coefficient (Wildman–Crippen LogP) is 1.51. The average Bonchev–Trinajstić information content (AvgIpc) is 2.89. The summed E-state index contributed by atoms with van der Waals surface area (Å²) in [5, 5.41) is 2.61. The lowest BCUT2D eigenvalue weighted by Gasteiger charge is -2.06. The van der Waals surface area contributed by atoms with E-state index in [2.05, 4.69) is 5.32 Å². The molecule has 0 bridgehead atoms. The second-order valence-electron chi connectivity index (χ2n) is 4.77. The highest BCUT2D eigenvalue weighted by atomic mass is 16.5. The van der Waals surface area contributed by atoms with Crippen LogP contribution in [0.15, 0.2) is 18.2 Å². The van der Waals surface area contributed by atoms with E-state index >= 15 is 0 Å². The van der Waals surface area contributed by atoms with Crippen molar-refractivity contribution in [2.24, 2.45) is 0 Å². The van der Waals surface area contributed by atoms with E-state index in [9.17, 15) is 9.59 Å². The first-order valence-corrected chi connectivity index (χ1v) is 6.65. The van der Waals surface area contributed by atoms with Crippen molar-refractivity contribution in [2.45, 2.75) is 25.7 Å². The number of ether oxygens (including phenoxy) is 1. The molecule has 4 nitrogen and oxygen atoms in total. The summed E-state index contributed by atoms with van der Waals surface area (Å²) < 4.78 is 4.88. The third-order valence-corrected chi connectivity index (χ3v) is 3.38. The number of nitrogens with one attached hydrogen (secondary N) is 1. The van der Waals surface area contributed by atoms with Crippen LogP contribution in [0.1, 0.15) is 34.3 Å². The third-order valence-electron chi connectivity index (χ3n) is 3.38. The van der Waals surface area contributed by atoms with Crippen molar-refractivity contribution in [1.82, 2.24) is 5.32 Å². The molecule has 1 aromatic rings. The molecule has 1 aliphatic rings. The molecule has 0 spiro atoms. The lowest BCUT2D eigenvalue weighted by Crippen LogP contribution is -2.32. The number of amides is 1. The Labute approximate surface area is 113 Å². The number of carbonyl (C=O) groups is 2. The van der Waals surface area contributed by atoms with Gasteiger partial charge in [-0.1, -0.05) is 12.1 Å². The number of hydrogen-bond acceptors (Lipinski definition) is 3. The Balaban J connectivity index is 1.93. The van der Waals surface area contributed by atoms with E-state index in [1.807, 2.05) is 12.1 Å². The molecule has 0 unspecified atom stereocenters. The third kappa shape index (κ3) is 3.41. The number of Topliss-reactive ketones (excluding diaryl/α,β-unsaturated/α-hetero) is 1. The maximum Gasteiger partial charge on any atom is 0.292 e. The first-order chi connectivity index (χ1) is 9.22. The Kier molecular flexibility index (Phi) is 4.68. The van der Waals surface area contributed by atoms with Gasteiger partial charge in [-0.25, -0.2) is 0 Å². The quantitative estimate of drug-likeness (QED) is 0.480.